The molecule has 3 heteroatoms. The first kappa shape index (κ1) is 11.3. The largest absolute Gasteiger partial charge is 0.444 e. The van der Waals surface area contributed by atoms with Gasteiger partial charge in [-0.05, 0) is 46.5 Å². The quantitative estimate of drug-likeness (QED) is 0.596. The molecule has 1 heterocycles. The summed E-state index contributed by atoms with van der Waals surface area (Å²) in [6.45, 7) is 12.8. The fraction of sp³-hybridized carbons (Fsp3) is 0.818. The first-order valence-electron chi connectivity index (χ1n) is 5.12. The van der Waals surface area contributed by atoms with Crippen LogP contribution in [0.15, 0.2) is 0 Å². The van der Waals surface area contributed by atoms with Crippen molar-refractivity contribution < 1.29 is 9.53 Å². The van der Waals surface area contributed by atoms with E-state index in [1.165, 1.54) is 0 Å². The molecule has 0 aromatic rings. The molecule has 0 aromatic heterocycles. The minimum atomic E-state index is -0.406. The zero-order valence-corrected chi connectivity index (χ0v) is 9.25. The van der Waals surface area contributed by atoms with Gasteiger partial charge < -0.3 is 9.64 Å². The van der Waals surface area contributed by atoms with E-state index in [0.29, 0.717) is 0 Å². The van der Waals surface area contributed by atoms with Gasteiger partial charge in [-0.1, -0.05) is 0 Å². The van der Waals surface area contributed by atoms with Gasteiger partial charge in [-0.15, -0.1) is 0 Å². The molecule has 2 radical (unpaired) electrons. The van der Waals surface area contributed by atoms with Crippen LogP contribution >= 0.6 is 0 Å². The van der Waals surface area contributed by atoms with Crippen molar-refractivity contribution in [2.45, 2.75) is 39.2 Å². The molecule has 0 aromatic carbocycles. The van der Waals surface area contributed by atoms with Crippen molar-refractivity contribution in [2.24, 2.45) is 5.92 Å². The highest BCUT2D eigenvalue weighted by Crippen LogP contribution is 2.18. The molecule has 80 valence electrons. The van der Waals surface area contributed by atoms with Crippen molar-refractivity contribution in [2.75, 3.05) is 13.1 Å². The molecule has 1 saturated heterocycles. The van der Waals surface area contributed by atoms with Gasteiger partial charge in [0, 0.05) is 13.1 Å². The van der Waals surface area contributed by atoms with Crippen molar-refractivity contribution in [3.05, 3.63) is 6.92 Å². The highest BCUT2D eigenvalue weighted by Gasteiger charge is 2.25. The van der Waals surface area contributed by atoms with Crippen molar-refractivity contribution in [3.63, 3.8) is 0 Å². The highest BCUT2D eigenvalue weighted by atomic mass is 16.6. The Balaban J connectivity index is 2.38. The van der Waals surface area contributed by atoms with Crippen LogP contribution in [0.25, 0.3) is 0 Å². The number of amides is 1. The van der Waals surface area contributed by atoms with Gasteiger partial charge in [-0.3, -0.25) is 0 Å². The minimum Gasteiger partial charge on any atom is -0.444 e. The van der Waals surface area contributed by atoms with E-state index < -0.39 is 5.60 Å². The fourth-order valence-corrected chi connectivity index (χ4v) is 1.41. The van der Waals surface area contributed by atoms with Gasteiger partial charge in [0.05, 0.1) is 0 Å². The first-order chi connectivity index (χ1) is 6.38. The van der Waals surface area contributed by atoms with Gasteiger partial charge in [0.25, 0.3) is 0 Å². The number of hydrogen-bond acceptors (Lipinski definition) is 2. The molecule has 0 spiro atoms. The van der Waals surface area contributed by atoms with Crippen LogP contribution < -0.4 is 0 Å². The lowest BCUT2D eigenvalue weighted by Gasteiger charge is -2.32. The zero-order valence-electron chi connectivity index (χ0n) is 9.25. The first-order valence-corrected chi connectivity index (χ1v) is 5.12. The van der Waals surface area contributed by atoms with Gasteiger partial charge >= 0.3 is 6.09 Å². The standard InChI is InChI=1S/C11H19NO2/c1-9-5-7-12(8-6-9)10(13)14-11(2,3)4/h1,9H,5-8H2,2-4H3. The lowest BCUT2D eigenvalue weighted by Crippen LogP contribution is -2.41. The predicted octanol–water partition coefficient (Wildman–Crippen LogP) is 2.34. The van der Waals surface area contributed by atoms with E-state index in [1.807, 2.05) is 20.8 Å². The summed E-state index contributed by atoms with van der Waals surface area (Å²) in [6.07, 6.45) is 1.53. The van der Waals surface area contributed by atoms with Gasteiger partial charge in [-0.2, -0.15) is 0 Å². The molecule has 1 fully saturated rings. The highest BCUT2D eigenvalue weighted by molar-refractivity contribution is 5.68. The number of nitrogens with zero attached hydrogens (tertiary/aromatic N) is 1. The van der Waals surface area contributed by atoms with Crippen molar-refractivity contribution in [1.29, 1.82) is 0 Å². The second-order valence-corrected chi connectivity index (χ2v) is 4.80. The summed E-state index contributed by atoms with van der Waals surface area (Å²) in [5, 5.41) is 0. The second kappa shape index (κ2) is 4.20. The van der Waals surface area contributed by atoms with Crippen LogP contribution in [-0.4, -0.2) is 29.7 Å². The van der Waals surface area contributed by atoms with E-state index in [4.69, 9.17) is 11.7 Å². The molecule has 0 aliphatic carbocycles. The molecule has 1 aliphatic rings. The van der Waals surface area contributed by atoms with Gasteiger partial charge in [-0.25, -0.2) is 4.79 Å². The third-order valence-electron chi connectivity index (χ3n) is 2.19. The van der Waals surface area contributed by atoms with Crippen molar-refractivity contribution >= 4 is 6.09 Å². The molecular formula is C11H19NO2. The number of ether oxygens (including phenoxy) is 1. The van der Waals surface area contributed by atoms with Crippen LogP contribution in [0.4, 0.5) is 4.79 Å². The molecule has 1 amide bonds. The van der Waals surface area contributed by atoms with E-state index >= 15 is 0 Å². The molecule has 1 rings (SSSR count). The summed E-state index contributed by atoms with van der Waals surface area (Å²) in [6, 6.07) is 0. The molecule has 0 atom stereocenters. The van der Waals surface area contributed by atoms with E-state index in [9.17, 15) is 4.79 Å². The molecule has 1 aliphatic heterocycles. The molecule has 3 nitrogen and oxygen atoms in total. The van der Waals surface area contributed by atoms with Crippen LogP contribution in [0.2, 0.25) is 0 Å². The Bertz CT molecular complexity index is 200. The van der Waals surface area contributed by atoms with Crippen molar-refractivity contribution in [3.8, 4) is 0 Å². The predicted molar refractivity (Wildman–Crippen MR) is 54.8 cm³/mol. The number of carbonyl (C=O) groups excluding carboxylic acids is 1. The summed E-state index contributed by atoms with van der Waals surface area (Å²) in [5.41, 5.74) is -0.406. The lowest BCUT2D eigenvalue weighted by molar-refractivity contribution is 0.0197. The molecule has 0 N–H and O–H groups in total. The average molecular weight is 197 g/mol. The summed E-state index contributed by atoms with van der Waals surface area (Å²) in [7, 11) is 0. The Morgan fingerprint density at radius 2 is 1.86 bits per heavy atom. The molecule has 14 heavy (non-hydrogen) atoms. The summed E-state index contributed by atoms with van der Waals surface area (Å²) in [5.74, 6) is 0.244. The number of likely N-dealkylation sites (tertiary alicyclic amines) is 1. The number of carbonyl (C=O) groups is 1. The minimum absolute atomic E-state index is 0.218. The van der Waals surface area contributed by atoms with E-state index in [2.05, 4.69) is 0 Å². The Morgan fingerprint density at radius 3 is 2.29 bits per heavy atom. The van der Waals surface area contributed by atoms with E-state index in [-0.39, 0.29) is 12.0 Å². The normalized spacial score (nSPS) is 19.6. The zero-order chi connectivity index (χ0) is 10.8. The molecule has 0 saturated carbocycles. The third-order valence-corrected chi connectivity index (χ3v) is 2.19. The molecular weight excluding hydrogens is 178 g/mol. The van der Waals surface area contributed by atoms with Crippen LogP contribution in [-0.2, 0) is 4.74 Å². The summed E-state index contributed by atoms with van der Waals surface area (Å²) >= 11 is 0. The summed E-state index contributed by atoms with van der Waals surface area (Å²) < 4.78 is 5.26. The van der Waals surface area contributed by atoms with Crippen molar-refractivity contribution in [1.82, 2.24) is 4.90 Å². The second-order valence-electron chi connectivity index (χ2n) is 4.80. The Morgan fingerprint density at radius 1 is 1.36 bits per heavy atom. The average Bonchev–Trinajstić information content (AvgIpc) is 2.02. The van der Waals surface area contributed by atoms with Gasteiger partial charge in [0.2, 0.25) is 0 Å². The Hall–Kier alpha value is -0.730. The Kier molecular flexibility index (Phi) is 3.40. The third kappa shape index (κ3) is 3.56. The monoisotopic (exact) mass is 197 g/mol. The Labute approximate surface area is 86.4 Å². The maximum absolute atomic E-state index is 11.6. The SMILES string of the molecule is [CH]C1CCN(C(=O)OC(C)(C)C)CC1. The van der Waals surface area contributed by atoms with Crippen LogP contribution in [0.3, 0.4) is 0 Å². The number of piperidine rings is 1. The molecule has 0 bridgehead atoms. The van der Waals surface area contributed by atoms with E-state index in [1.54, 1.807) is 4.90 Å². The van der Waals surface area contributed by atoms with Crippen LogP contribution in [0.5, 0.6) is 0 Å². The number of hydrogen-bond donors (Lipinski definition) is 0. The van der Waals surface area contributed by atoms with Gasteiger partial charge in [0.15, 0.2) is 0 Å². The van der Waals surface area contributed by atoms with Gasteiger partial charge in [0.1, 0.15) is 5.60 Å². The summed E-state index contributed by atoms with van der Waals surface area (Å²) in [4.78, 5) is 13.3. The van der Waals surface area contributed by atoms with Crippen LogP contribution in [0, 0.1) is 12.8 Å². The van der Waals surface area contributed by atoms with Crippen LogP contribution in [0.1, 0.15) is 33.6 Å². The number of rotatable bonds is 0. The smallest absolute Gasteiger partial charge is 0.410 e. The fourth-order valence-electron chi connectivity index (χ4n) is 1.41. The maximum Gasteiger partial charge on any atom is 0.410 e. The topological polar surface area (TPSA) is 29.5 Å². The lowest BCUT2D eigenvalue weighted by atomic mass is 10.00. The molecule has 0 unspecified atom stereocenters. The van der Waals surface area contributed by atoms with E-state index in [0.717, 1.165) is 25.9 Å². The maximum atomic E-state index is 11.6.